The van der Waals surface area contributed by atoms with Crippen molar-refractivity contribution in [3.05, 3.63) is 0 Å². The van der Waals surface area contributed by atoms with Gasteiger partial charge in [0.2, 0.25) is 0 Å². The molecule has 0 aromatic heterocycles. The minimum absolute atomic E-state index is 0.330. The van der Waals surface area contributed by atoms with E-state index in [-0.39, 0.29) is 0 Å². The maximum atomic E-state index is 5.88. The predicted molar refractivity (Wildman–Crippen MR) is 57.2 cm³/mol. The lowest BCUT2D eigenvalue weighted by Gasteiger charge is -2.33. The Morgan fingerprint density at radius 1 is 1.00 bits per heavy atom. The van der Waals surface area contributed by atoms with E-state index in [0.717, 1.165) is 5.54 Å². The molecule has 0 bridgehead atoms. The first-order chi connectivity index (χ1) is 6.09. The summed E-state index contributed by atoms with van der Waals surface area (Å²) >= 11 is 0. The third kappa shape index (κ3) is 3.79. The summed E-state index contributed by atoms with van der Waals surface area (Å²) in [5.41, 5.74) is 0.782. The van der Waals surface area contributed by atoms with E-state index in [9.17, 15) is 0 Å². The van der Waals surface area contributed by atoms with Crippen molar-refractivity contribution in [2.75, 3.05) is 0 Å². The summed E-state index contributed by atoms with van der Waals surface area (Å²) in [5.74, 6) is 0. The van der Waals surface area contributed by atoms with Crippen molar-refractivity contribution in [1.82, 2.24) is 0 Å². The first-order valence-corrected chi connectivity index (χ1v) is 7.01. The molecule has 0 atom stereocenters. The maximum Gasteiger partial charge on any atom is 0.325 e. The molecule has 3 heteroatoms. The highest BCUT2D eigenvalue weighted by Gasteiger charge is 2.32. The van der Waals surface area contributed by atoms with Gasteiger partial charge in [0.15, 0.2) is 0 Å². The van der Waals surface area contributed by atoms with E-state index in [4.69, 9.17) is 8.85 Å². The zero-order chi connectivity index (χ0) is 9.84. The van der Waals surface area contributed by atoms with E-state index >= 15 is 0 Å². The molecule has 1 saturated carbocycles. The summed E-state index contributed by atoms with van der Waals surface area (Å²) in [6.07, 6.45) is 4.69. The smallest absolute Gasteiger partial charge is 0.325 e. The van der Waals surface area contributed by atoms with E-state index in [1.165, 1.54) is 19.3 Å². The second-order valence-corrected chi connectivity index (χ2v) is 6.65. The Labute approximate surface area is 83.5 Å². The second kappa shape index (κ2) is 5.13. The molecule has 1 rings (SSSR count). The van der Waals surface area contributed by atoms with Gasteiger partial charge in [0.1, 0.15) is 0 Å². The van der Waals surface area contributed by atoms with Crippen molar-refractivity contribution >= 4 is 9.28 Å². The van der Waals surface area contributed by atoms with Crippen LogP contribution in [0.2, 0.25) is 5.54 Å². The van der Waals surface area contributed by atoms with Crippen LogP contribution in [-0.4, -0.2) is 21.5 Å². The van der Waals surface area contributed by atoms with Gasteiger partial charge in [0, 0.05) is 12.2 Å². The molecular weight excluding hydrogens is 180 g/mol. The van der Waals surface area contributed by atoms with Crippen LogP contribution in [0.15, 0.2) is 0 Å². The van der Waals surface area contributed by atoms with Crippen LogP contribution in [0, 0.1) is 0 Å². The number of rotatable bonds is 5. The van der Waals surface area contributed by atoms with Gasteiger partial charge in [-0.15, -0.1) is 0 Å². The first-order valence-electron chi connectivity index (χ1n) is 5.40. The molecule has 0 aromatic rings. The highest BCUT2D eigenvalue weighted by atomic mass is 28.3. The quantitative estimate of drug-likeness (QED) is 0.638. The SMILES string of the molecule is CC(C)O[SiH](OC(C)C)C1CCC1. The average Bonchev–Trinajstić information content (AvgIpc) is 1.78. The van der Waals surface area contributed by atoms with Gasteiger partial charge >= 0.3 is 9.28 Å². The molecule has 0 spiro atoms. The Hall–Kier alpha value is 0.137. The van der Waals surface area contributed by atoms with Crippen molar-refractivity contribution in [2.45, 2.75) is 64.7 Å². The van der Waals surface area contributed by atoms with E-state index in [2.05, 4.69) is 27.7 Å². The van der Waals surface area contributed by atoms with E-state index in [1.54, 1.807) is 0 Å². The molecule has 1 fully saturated rings. The van der Waals surface area contributed by atoms with Crippen molar-refractivity contribution in [2.24, 2.45) is 0 Å². The van der Waals surface area contributed by atoms with Crippen molar-refractivity contribution < 1.29 is 8.85 Å². The summed E-state index contributed by atoms with van der Waals surface area (Å²) in [6, 6.07) is 0. The highest BCUT2D eigenvalue weighted by molar-refractivity contribution is 6.46. The van der Waals surface area contributed by atoms with Crippen molar-refractivity contribution in [3.63, 3.8) is 0 Å². The molecule has 1 aliphatic carbocycles. The first kappa shape index (κ1) is 11.2. The van der Waals surface area contributed by atoms with Crippen LogP contribution in [0.4, 0.5) is 0 Å². The van der Waals surface area contributed by atoms with E-state index in [1.807, 2.05) is 0 Å². The molecule has 0 N–H and O–H groups in total. The molecule has 0 heterocycles. The Kier molecular flexibility index (Phi) is 4.42. The van der Waals surface area contributed by atoms with Gasteiger partial charge in [0.25, 0.3) is 0 Å². The molecule has 0 radical (unpaired) electrons. The average molecular weight is 202 g/mol. The Bertz CT molecular complexity index is 134. The Morgan fingerprint density at radius 3 is 1.69 bits per heavy atom. The summed E-state index contributed by atoms with van der Waals surface area (Å²) < 4.78 is 11.8. The van der Waals surface area contributed by atoms with Crippen LogP contribution in [0.3, 0.4) is 0 Å². The van der Waals surface area contributed by atoms with Gasteiger partial charge in [-0.2, -0.15) is 0 Å². The van der Waals surface area contributed by atoms with Crippen LogP contribution in [-0.2, 0) is 8.85 Å². The lowest BCUT2D eigenvalue weighted by Crippen LogP contribution is -2.36. The highest BCUT2D eigenvalue weighted by Crippen LogP contribution is 2.36. The van der Waals surface area contributed by atoms with Gasteiger partial charge in [-0.3, -0.25) is 0 Å². The van der Waals surface area contributed by atoms with Crippen LogP contribution in [0.1, 0.15) is 47.0 Å². The lowest BCUT2D eigenvalue weighted by molar-refractivity contribution is 0.114. The molecule has 0 saturated heterocycles. The fourth-order valence-corrected chi connectivity index (χ4v) is 4.10. The molecule has 0 aliphatic heterocycles. The molecule has 13 heavy (non-hydrogen) atoms. The van der Waals surface area contributed by atoms with Crippen molar-refractivity contribution in [3.8, 4) is 0 Å². The van der Waals surface area contributed by atoms with Gasteiger partial charge in [-0.25, -0.2) is 0 Å². The standard InChI is InChI=1S/C10H22O2Si/c1-8(2)11-13(12-9(3)4)10-6-5-7-10/h8-10,13H,5-7H2,1-4H3. The summed E-state index contributed by atoms with van der Waals surface area (Å²) in [5, 5.41) is 0. The monoisotopic (exact) mass is 202 g/mol. The fraction of sp³-hybridized carbons (Fsp3) is 1.00. The van der Waals surface area contributed by atoms with Crippen LogP contribution < -0.4 is 0 Å². The third-order valence-electron chi connectivity index (χ3n) is 2.35. The van der Waals surface area contributed by atoms with E-state index < -0.39 is 9.28 Å². The molecule has 2 nitrogen and oxygen atoms in total. The zero-order valence-corrected chi connectivity index (χ0v) is 10.4. The largest absolute Gasteiger partial charge is 0.394 e. The summed E-state index contributed by atoms with van der Waals surface area (Å²) in [6.45, 7) is 8.40. The van der Waals surface area contributed by atoms with Gasteiger partial charge in [0.05, 0.1) is 0 Å². The molecule has 78 valence electrons. The lowest BCUT2D eigenvalue weighted by atomic mass is 10.00. The molecule has 1 aliphatic rings. The van der Waals surface area contributed by atoms with E-state index in [0.29, 0.717) is 12.2 Å². The van der Waals surface area contributed by atoms with Crippen molar-refractivity contribution in [1.29, 1.82) is 0 Å². The Morgan fingerprint density at radius 2 is 1.46 bits per heavy atom. The topological polar surface area (TPSA) is 18.5 Å². The Balaban J connectivity index is 2.33. The minimum Gasteiger partial charge on any atom is -0.394 e. The van der Waals surface area contributed by atoms with Gasteiger partial charge in [-0.1, -0.05) is 6.42 Å². The number of hydrogen-bond donors (Lipinski definition) is 0. The molecule has 0 aromatic carbocycles. The van der Waals surface area contributed by atoms with Gasteiger partial charge in [-0.05, 0) is 46.1 Å². The summed E-state index contributed by atoms with van der Waals surface area (Å²) in [7, 11) is -1.36. The maximum absolute atomic E-state index is 5.88. The fourth-order valence-electron chi connectivity index (χ4n) is 1.50. The zero-order valence-electron chi connectivity index (χ0n) is 9.25. The van der Waals surface area contributed by atoms with Crippen LogP contribution in [0.5, 0.6) is 0 Å². The second-order valence-electron chi connectivity index (χ2n) is 4.43. The summed E-state index contributed by atoms with van der Waals surface area (Å²) in [4.78, 5) is 0. The minimum atomic E-state index is -1.36. The molecule has 0 unspecified atom stereocenters. The normalized spacial score (nSPS) is 18.7. The number of hydrogen-bond acceptors (Lipinski definition) is 2. The van der Waals surface area contributed by atoms with Gasteiger partial charge < -0.3 is 8.85 Å². The molecule has 0 amide bonds. The van der Waals surface area contributed by atoms with Crippen LogP contribution >= 0.6 is 0 Å². The third-order valence-corrected chi connectivity index (χ3v) is 5.41. The van der Waals surface area contributed by atoms with Crippen LogP contribution in [0.25, 0.3) is 0 Å². The predicted octanol–water partition coefficient (Wildman–Crippen LogP) is 2.61. The molecular formula is C10H22O2Si.